The second-order valence-electron chi connectivity index (χ2n) is 2.79. The fraction of sp³-hybridized carbons (Fsp3) is 0.273. The first kappa shape index (κ1) is 8.00. The molecule has 0 unspecified atom stereocenters. The van der Waals surface area contributed by atoms with Crippen LogP contribution in [-0.2, 0) is 6.42 Å². The molecule has 1 aliphatic heterocycles. The first-order valence-electron chi connectivity index (χ1n) is 4.15. The van der Waals surface area contributed by atoms with E-state index in [4.69, 9.17) is 9.47 Å². The van der Waals surface area contributed by atoms with Gasteiger partial charge in [0.05, 0.1) is 7.11 Å². The number of fused-ring (bicyclic) bond motifs is 1. The Morgan fingerprint density at radius 1 is 1.38 bits per heavy atom. The van der Waals surface area contributed by atoms with E-state index >= 15 is 0 Å². The maximum Gasteiger partial charge on any atom is 0.149 e. The van der Waals surface area contributed by atoms with Crippen LogP contribution in [0, 0.1) is 11.8 Å². The monoisotopic (exact) mass is 174 g/mol. The van der Waals surface area contributed by atoms with Crippen LogP contribution in [0.25, 0.3) is 0 Å². The molecule has 1 aromatic carbocycles. The van der Waals surface area contributed by atoms with Gasteiger partial charge < -0.3 is 9.47 Å². The second kappa shape index (κ2) is 3.40. The van der Waals surface area contributed by atoms with Gasteiger partial charge in [-0.2, -0.15) is 0 Å². The lowest BCUT2D eigenvalue weighted by Gasteiger charge is -2.07. The highest BCUT2D eigenvalue weighted by molar-refractivity contribution is 5.43. The van der Waals surface area contributed by atoms with Crippen LogP contribution in [0.1, 0.15) is 5.56 Å². The Kier molecular flexibility index (Phi) is 2.09. The van der Waals surface area contributed by atoms with Crippen molar-refractivity contribution in [1.29, 1.82) is 0 Å². The summed E-state index contributed by atoms with van der Waals surface area (Å²) in [6.07, 6.45) is 0.743. The van der Waals surface area contributed by atoms with E-state index in [2.05, 4.69) is 11.8 Å². The highest BCUT2D eigenvalue weighted by Gasteiger charge is 2.05. The molecule has 2 rings (SSSR count). The van der Waals surface area contributed by atoms with Gasteiger partial charge in [-0.1, -0.05) is 11.8 Å². The molecule has 0 spiro atoms. The molecule has 1 heterocycles. The molecule has 1 aromatic rings. The molecule has 13 heavy (non-hydrogen) atoms. The molecule has 0 atom stereocenters. The Balaban J connectivity index is 2.38. The molecule has 0 N–H and O–H groups in total. The normalized spacial score (nSPS) is 13.0. The Morgan fingerprint density at radius 3 is 3.15 bits per heavy atom. The molecule has 0 saturated carbocycles. The van der Waals surface area contributed by atoms with Gasteiger partial charge in [-0.05, 0) is 18.2 Å². The van der Waals surface area contributed by atoms with E-state index in [1.807, 2.05) is 18.2 Å². The van der Waals surface area contributed by atoms with Gasteiger partial charge >= 0.3 is 0 Å². The Morgan fingerprint density at radius 2 is 2.31 bits per heavy atom. The largest absolute Gasteiger partial charge is 0.497 e. The smallest absolute Gasteiger partial charge is 0.149 e. The zero-order valence-corrected chi connectivity index (χ0v) is 7.46. The van der Waals surface area contributed by atoms with E-state index in [1.165, 1.54) is 0 Å². The predicted octanol–water partition coefficient (Wildman–Crippen LogP) is 1.63. The average molecular weight is 174 g/mol. The van der Waals surface area contributed by atoms with Crippen molar-refractivity contribution in [2.45, 2.75) is 6.42 Å². The molecule has 0 radical (unpaired) electrons. The Labute approximate surface area is 77.5 Å². The van der Waals surface area contributed by atoms with Crippen molar-refractivity contribution < 1.29 is 9.47 Å². The zero-order valence-electron chi connectivity index (χ0n) is 7.46. The lowest BCUT2D eigenvalue weighted by atomic mass is 10.1. The van der Waals surface area contributed by atoms with Crippen molar-refractivity contribution in [2.75, 3.05) is 13.7 Å². The molecule has 2 heteroatoms. The molecule has 1 aliphatic rings. The number of rotatable bonds is 1. The lowest BCUT2D eigenvalue weighted by Crippen LogP contribution is -1.95. The number of methoxy groups -OCH3 is 1. The number of hydrogen-bond donors (Lipinski definition) is 0. The molecule has 0 amide bonds. The van der Waals surface area contributed by atoms with E-state index in [0.29, 0.717) is 6.61 Å². The minimum absolute atomic E-state index is 0.485. The summed E-state index contributed by atoms with van der Waals surface area (Å²) >= 11 is 0. The minimum atomic E-state index is 0.485. The molecule has 0 aromatic heterocycles. The van der Waals surface area contributed by atoms with Gasteiger partial charge in [-0.15, -0.1) is 0 Å². The lowest BCUT2D eigenvalue weighted by molar-refractivity contribution is 0.366. The summed E-state index contributed by atoms with van der Waals surface area (Å²) in [6, 6.07) is 5.78. The molecule has 66 valence electrons. The van der Waals surface area contributed by atoms with Gasteiger partial charge in [0, 0.05) is 12.0 Å². The van der Waals surface area contributed by atoms with Crippen LogP contribution >= 0.6 is 0 Å². The summed E-state index contributed by atoms with van der Waals surface area (Å²) in [5.41, 5.74) is 1.10. The van der Waals surface area contributed by atoms with Gasteiger partial charge in [-0.3, -0.25) is 0 Å². The van der Waals surface area contributed by atoms with Gasteiger partial charge in [-0.25, -0.2) is 0 Å². The number of hydrogen-bond acceptors (Lipinski definition) is 2. The highest BCUT2D eigenvalue weighted by atomic mass is 16.5. The van der Waals surface area contributed by atoms with E-state index < -0.39 is 0 Å². The Hall–Kier alpha value is -1.62. The molecular formula is C11H10O2. The van der Waals surface area contributed by atoms with Crippen molar-refractivity contribution in [2.24, 2.45) is 0 Å². The summed E-state index contributed by atoms with van der Waals surface area (Å²) in [5, 5.41) is 0. The standard InChI is InChI=1S/C11H10O2/c1-12-10-5-6-11-9(8-10)4-2-3-7-13-11/h5-6,8H,4,7H2,1H3. The molecule has 0 aliphatic carbocycles. The molecule has 2 nitrogen and oxygen atoms in total. The minimum Gasteiger partial charge on any atom is -0.497 e. The van der Waals surface area contributed by atoms with Crippen LogP contribution < -0.4 is 9.47 Å². The van der Waals surface area contributed by atoms with Crippen LogP contribution in [0.5, 0.6) is 11.5 Å². The average Bonchev–Trinajstić information content (AvgIpc) is 2.41. The van der Waals surface area contributed by atoms with Crippen LogP contribution in [-0.4, -0.2) is 13.7 Å². The van der Waals surface area contributed by atoms with Gasteiger partial charge in [0.2, 0.25) is 0 Å². The summed E-state index contributed by atoms with van der Waals surface area (Å²) in [4.78, 5) is 0. The summed E-state index contributed by atoms with van der Waals surface area (Å²) in [7, 11) is 1.66. The van der Waals surface area contributed by atoms with E-state index in [1.54, 1.807) is 7.11 Å². The molecule has 0 fully saturated rings. The maximum absolute atomic E-state index is 5.42. The fourth-order valence-electron chi connectivity index (χ4n) is 1.28. The third-order valence-electron chi connectivity index (χ3n) is 1.97. The van der Waals surface area contributed by atoms with Crippen molar-refractivity contribution in [3.05, 3.63) is 23.8 Å². The van der Waals surface area contributed by atoms with Gasteiger partial charge in [0.15, 0.2) is 0 Å². The third kappa shape index (κ3) is 1.59. The SMILES string of the molecule is COc1ccc2c(c1)CC#CCO2. The maximum atomic E-state index is 5.42. The van der Waals surface area contributed by atoms with E-state index in [-0.39, 0.29) is 0 Å². The van der Waals surface area contributed by atoms with Crippen molar-refractivity contribution in [3.63, 3.8) is 0 Å². The first-order chi connectivity index (χ1) is 6.40. The molecule has 0 bridgehead atoms. The quantitative estimate of drug-likeness (QED) is 0.602. The summed E-state index contributed by atoms with van der Waals surface area (Å²) in [6.45, 7) is 0.485. The summed E-state index contributed by atoms with van der Waals surface area (Å²) in [5.74, 6) is 7.70. The van der Waals surface area contributed by atoms with Crippen LogP contribution in [0.15, 0.2) is 18.2 Å². The van der Waals surface area contributed by atoms with Crippen molar-refractivity contribution in [1.82, 2.24) is 0 Å². The van der Waals surface area contributed by atoms with Crippen molar-refractivity contribution in [3.8, 4) is 23.3 Å². The second-order valence-corrected chi connectivity index (χ2v) is 2.79. The summed E-state index contributed by atoms with van der Waals surface area (Å²) < 4.78 is 10.5. The van der Waals surface area contributed by atoms with Gasteiger partial charge in [0.25, 0.3) is 0 Å². The fourth-order valence-corrected chi connectivity index (χ4v) is 1.28. The third-order valence-corrected chi connectivity index (χ3v) is 1.97. The van der Waals surface area contributed by atoms with Crippen molar-refractivity contribution >= 4 is 0 Å². The topological polar surface area (TPSA) is 18.5 Å². The van der Waals surface area contributed by atoms with E-state index in [0.717, 1.165) is 23.5 Å². The predicted molar refractivity (Wildman–Crippen MR) is 50.0 cm³/mol. The molecule has 0 saturated heterocycles. The highest BCUT2D eigenvalue weighted by Crippen LogP contribution is 2.25. The Bertz CT molecular complexity index is 371. The van der Waals surface area contributed by atoms with Crippen LogP contribution in [0.2, 0.25) is 0 Å². The van der Waals surface area contributed by atoms with Gasteiger partial charge in [0.1, 0.15) is 18.1 Å². The number of ether oxygens (including phenoxy) is 2. The number of benzene rings is 1. The zero-order chi connectivity index (χ0) is 9.10. The van der Waals surface area contributed by atoms with Crippen LogP contribution in [0.4, 0.5) is 0 Å². The van der Waals surface area contributed by atoms with E-state index in [9.17, 15) is 0 Å². The van der Waals surface area contributed by atoms with Crippen LogP contribution in [0.3, 0.4) is 0 Å². The molecular weight excluding hydrogens is 164 g/mol. The first-order valence-corrected chi connectivity index (χ1v) is 4.15.